The van der Waals surface area contributed by atoms with E-state index in [2.05, 4.69) is 15.0 Å². The molecule has 0 spiro atoms. The Morgan fingerprint density at radius 1 is 1.24 bits per heavy atom. The summed E-state index contributed by atoms with van der Waals surface area (Å²) in [4.78, 5) is 26.6. The highest BCUT2D eigenvalue weighted by Crippen LogP contribution is 2.22. The predicted molar refractivity (Wildman–Crippen MR) is 100 cm³/mol. The van der Waals surface area contributed by atoms with E-state index in [1.165, 1.54) is 0 Å². The zero-order valence-corrected chi connectivity index (χ0v) is 15.6. The number of nitrogens with one attached hydrogen (secondary N) is 2. The van der Waals surface area contributed by atoms with Crippen LogP contribution in [0.25, 0.3) is 0 Å². The van der Waals surface area contributed by atoms with Crippen LogP contribution in [-0.4, -0.2) is 48.3 Å². The van der Waals surface area contributed by atoms with Gasteiger partial charge < -0.3 is 21.3 Å². The van der Waals surface area contributed by atoms with Crippen molar-refractivity contribution in [3.8, 4) is 0 Å². The zero-order valence-electron chi connectivity index (χ0n) is 14.0. The van der Waals surface area contributed by atoms with E-state index in [0.717, 1.165) is 17.1 Å². The van der Waals surface area contributed by atoms with Crippen molar-refractivity contribution in [2.24, 2.45) is 0 Å². The number of amides is 2. The van der Waals surface area contributed by atoms with Crippen LogP contribution in [-0.2, 0) is 6.54 Å². The molecule has 0 fully saturated rings. The molecule has 0 saturated carbocycles. The Hall–Kier alpha value is -2.16. The molecule has 2 rings (SSSR count). The lowest BCUT2D eigenvalue weighted by Gasteiger charge is -2.09. The van der Waals surface area contributed by atoms with Gasteiger partial charge in [-0.25, -0.2) is 0 Å². The molecule has 0 saturated heterocycles. The lowest BCUT2D eigenvalue weighted by atomic mass is 10.2. The van der Waals surface area contributed by atoms with E-state index >= 15 is 0 Å². The third-order valence-electron chi connectivity index (χ3n) is 3.39. The number of nitrogen functional groups attached to an aromatic ring is 1. The van der Waals surface area contributed by atoms with Crippen LogP contribution in [0.4, 0.5) is 5.69 Å². The van der Waals surface area contributed by atoms with Gasteiger partial charge in [0.15, 0.2) is 5.69 Å². The van der Waals surface area contributed by atoms with Gasteiger partial charge in [-0.05, 0) is 37.3 Å². The van der Waals surface area contributed by atoms with Crippen molar-refractivity contribution in [1.82, 2.24) is 19.9 Å². The molecule has 9 heteroatoms. The fourth-order valence-electron chi connectivity index (χ4n) is 2.00. The summed E-state index contributed by atoms with van der Waals surface area (Å²) >= 11 is 6.96. The molecule has 1 heterocycles. The molecule has 25 heavy (non-hydrogen) atoms. The first-order valence-electron chi connectivity index (χ1n) is 7.59. The van der Waals surface area contributed by atoms with Gasteiger partial charge in [-0.15, -0.1) is 0 Å². The maximum absolute atomic E-state index is 12.3. The summed E-state index contributed by atoms with van der Waals surface area (Å²) in [7, 11) is 3.82. The second-order valence-electron chi connectivity index (χ2n) is 5.61. The first-order chi connectivity index (χ1) is 11.9. The first kappa shape index (κ1) is 19.2. The molecule has 0 radical (unpaired) electrons. The Balaban J connectivity index is 1.98. The second kappa shape index (κ2) is 8.80. The average Bonchev–Trinajstić information content (AvgIpc) is 2.95. The number of likely N-dealkylation sites (N-methyl/N-ethyl adjacent to an activating group) is 1. The topological polar surface area (TPSA) is 100 Å². The lowest BCUT2D eigenvalue weighted by molar-refractivity contribution is 0.0946. The van der Waals surface area contributed by atoms with E-state index in [4.69, 9.17) is 17.3 Å². The molecule has 2 aromatic rings. The number of nitrogens with two attached hydrogens (primary N) is 1. The molecular formula is C16H20ClN5O2S. The lowest BCUT2D eigenvalue weighted by Crippen LogP contribution is -2.31. The summed E-state index contributed by atoms with van der Waals surface area (Å²) in [5, 5.41) is 6.02. The quantitative estimate of drug-likeness (QED) is 0.676. The van der Waals surface area contributed by atoms with Crippen molar-refractivity contribution >= 4 is 40.6 Å². The number of halogens is 1. The Labute approximate surface area is 155 Å². The number of anilines is 1. The van der Waals surface area contributed by atoms with Crippen molar-refractivity contribution in [3.05, 3.63) is 45.4 Å². The maximum atomic E-state index is 12.3. The molecule has 0 bridgehead atoms. The predicted octanol–water partition coefficient (Wildman–Crippen LogP) is 1.60. The standard InChI is InChI=1S/C16H20ClN5O2S/c1-22(2)8-7-19-16(24)14-12(18)13(21-25-14)15(23)20-9-10-5-3-4-6-11(10)17/h3-6H,7-9,18H2,1-2H3,(H,19,24)(H,20,23). The molecule has 4 N–H and O–H groups in total. The molecule has 0 unspecified atom stereocenters. The highest BCUT2D eigenvalue weighted by atomic mass is 35.5. The van der Waals surface area contributed by atoms with Crippen LogP contribution in [0.15, 0.2) is 24.3 Å². The van der Waals surface area contributed by atoms with Crippen LogP contribution in [0.5, 0.6) is 0 Å². The normalized spacial score (nSPS) is 10.7. The number of rotatable bonds is 7. The monoisotopic (exact) mass is 381 g/mol. The number of nitrogens with zero attached hydrogens (tertiary/aromatic N) is 2. The summed E-state index contributed by atoms with van der Waals surface area (Å²) in [6.45, 7) is 1.44. The van der Waals surface area contributed by atoms with Crippen molar-refractivity contribution in [2.75, 3.05) is 32.9 Å². The summed E-state index contributed by atoms with van der Waals surface area (Å²) in [5.74, 6) is -0.775. The smallest absolute Gasteiger partial charge is 0.273 e. The largest absolute Gasteiger partial charge is 0.395 e. The van der Waals surface area contributed by atoms with Crippen LogP contribution < -0.4 is 16.4 Å². The van der Waals surface area contributed by atoms with Crippen LogP contribution in [0.2, 0.25) is 5.02 Å². The van der Waals surface area contributed by atoms with Gasteiger partial charge in [0.25, 0.3) is 11.8 Å². The number of hydrogen-bond donors (Lipinski definition) is 3. The first-order valence-corrected chi connectivity index (χ1v) is 8.75. The van der Waals surface area contributed by atoms with E-state index in [9.17, 15) is 9.59 Å². The van der Waals surface area contributed by atoms with Crippen LogP contribution in [0.3, 0.4) is 0 Å². The minimum Gasteiger partial charge on any atom is -0.395 e. The minimum atomic E-state index is -0.444. The third kappa shape index (κ3) is 5.15. The third-order valence-corrected chi connectivity index (χ3v) is 4.62. The molecule has 0 atom stereocenters. The van der Waals surface area contributed by atoms with Crippen molar-refractivity contribution in [2.45, 2.75) is 6.54 Å². The van der Waals surface area contributed by atoms with E-state index in [1.54, 1.807) is 6.07 Å². The summed E-state index contributed by atoms with van der Waals surface area (Å²) in [6.07, 6.45) is 0. The molecule has 1 aromatic heterocycles. The second-order valence-corrected chi connectivity index (χ2v) is 6.79. The number of benzene rings is 1. The van der Waals surface area contributed by atoms with Gasteiger partial charge in [0.1, 0.15) is 4.88 Å². The van der Waals surface area contributed by atoms with Gasteiger partial charge >= 0.3 is 0 Å². The molecule has 2 amide bonds. The van der Waals surface area contributed by atoms with Crippen molar-refractivity contribution in [3.63, 3.8) is 0 Å². The summed E-state index contributed by atoms with van der Waals surface area (Å²) in [6, 6.07) is 7.21. The van der Waals surface area contributed by atoms with Gasteiger partial charge in [0, 0.05) is 24.7 Å². The number of carbonyl (C=O) groups is 2. The molecular weight excluding hydrogens is 362 g/mol. The highest BCUT2D eigenvalue weighted by Gasteiger charge is 2.21. The minimum absolute atomic E-state index is 0.0508. The maximum Gasteiger partial charge on any atom is 0.273 e. The molecule has 7 nitrogen and oxygen atoms in total. The number of hydrogen-bond acceptors (Lipinski definition) is 6. The van der Waals surface area contributed by atoms with Crippen LogP contribution >= 0.6 is 23.1 Å². The fourth-order valence-corrected chi connectivity index (χ4v) is 2.92. The average molecular weight is 382 g/mol. The van der Waals surface area contributed by atoms with Gasteiger partial charge in [0.2, 0.25) is 0 Å². The van der Waals surface area contributed by atoms with Gasteiger partial charge in [-0.2, -0.15) is 4.37 Å². The Kier molecular flexibility index (Phi) is 6.74. The van der Waals surface area contributed by atoms with E-state index in [1.807, 2.05) is 37.2 Å². The number of aromatic nitrogens is 1. The van der Waals surface area contributed by atoms with E-state index in [0.29, 0.717) is 18.1 Å². The molecule has 0 aliphatic heterocycles. The van der Waals surface area contributed by atoms with Crippen LogP contribution in [0.1, 0.15) is 25.7 Å². The Morgan fingerprint density at radius 3 is 2.64 bits per heavy atom. The SMILES string of the molecule is CN(C)CCNC(=O)c1snc(C(=O)NCc2ccccc2Cl)c1N. The molecule has 134 valence electrons. The van der Waals surface area contributed by atoms with E-state index in [-0.39, 0.29) is 28.7 Å². The Bertz CT molecular complexity index is 763. The fraction of sp³-hybridized carbons (Fsp3) is 0.312. The molecule has 1 aromatic carbocycles. The number of carbonyl (C=O) groups excluding carboxylic acids is 2. The van der Waals surface area contributed by atoms with Crippen LogP contribution in [0, 0.1) is 0 Å². The zero-order chi connectivity index (χ0) is 18.4. The highest BCUT2D eigenvalue weighted by molar-refractivity contribution is 7.09. The summed E-state index contributed by atoms with van der Waals surface area (Å²) < 4.78 is 4.02. The van der Waals surface area contributed by atoms with Crippen molar-refractivity contribution < 1.29 is 9.59 Å². The summed E-state index contributed by atoms with van der Waals surface area (Å²) in [5.41, 5.74) is 6.85. The van der Waals surface area contributed by atoms with Crippen molar-refractivity contribution in [1.29, 1.82) is 0 Å². The van der Waals surface area contributed by atoms with Gasteiger partial charge in [0.05, 0.1) is 5.69 Å². The van der Waals surface area contributed by atoms with Gasteiger partial charge in [-0.1, -0.05) is 29.8 Å². The molecule has 0 aliphatic rings. The Morgan fingerprint density at radius 2 is 1.96 bits per heavy atom. The molecule has 0 aliphatic carbocycles. The van der Waals surface area contributed by atoms with Gasteiger partial charge in [-0.3, -0.25) is 9.59 Å². The van der Waals surface area contributed by atoms with E-state index < -0.39 is 5.91 Å².